The zero-order valence-electron chi connectivity index (χ0n) is 16.4. The summed E-state index contributed by atoms with van der Waals surface area (Å²) >= 11 is 0. The van der Waals surface area contributed by atoms with Gasteiger partial charge >= 0.3 is 5.97 Å². The highest BCUT2D eigenvalue weighted by molar-refractivity contribution is 5.66. The van der Waals surface area contributed by atoms with Crippen molar-refractivity contribution in [2.24, 2.45) is 40.4 Å². The van der Waals surface area contributed by atoms with Gasteiger partial charge in [-0.15, -0.1) is 0 Å². The van der Waals surface area contributed by atoms with Gasteiger partial charge in [0, 0.05) is 6.42 Å². The molecule has 2 nitrogen and oxygen atoms in total. The van der Waals surface area contributed by atoms with Gasteiger partial charge in [-0.05, 0) is 105 Å². The first-order valence-corrected chi connectivity index (χ1v) is 11.2. The molecule has 0 heterocycles. The molecular formula is C23H38O2. The Balaban J connectivity index is 1.48. The standard InChI is InChI=1S/C23H38O2/c1-22-14-4-3-6-16(22)9-11-18-19-12-10-17(7-5-8-21(24)25)23(19,2)15-13-20(18)22/h16-20H,3-15H2,1-2H3,(H,24,25)/t16-,17?,18?,19?,20?,22-,23+/m0/s1. The molecule has 0 aliphatic heterocycles. The first-order valence-electron chi connectivity index (χ1n) is 11.2. The summed E-state index contributed by atoms with van der Waals surface area (Å²) in [4.78, 5) is 10.9. The third-order valence-electron chi connectivity index (χ3n) is 9.72. The number of aliphatic carboxylic acids is 1. The molecule has 4 fully saturated rings. The highest BCUT2D eigenvalue weighted by Crippen LogP contribution is 2.67. The first-order chi connectivity index (χ1) is 11.9. The lowest BCUT2D eigenvalue weighted by atomic mass is 9.45. The van der Waals surface area contributed by atoms with Gasteiger partial charge in [-0.1, -0.05) is 26.7 Å². The fraction of sp³-hybridized carbons (Fsp3) is 0.957. The maximum atomic E-state index is 10.9. The second-order valence-corrected chi connectivity index (χ2v) is 10.5. The van der Waals surface area contributed by atoms with Crippen molar-refractivity contribution in [1.29, 1.82) is 0 Å². The number of carboxylic acids is 1. The summed E-state index contributed by atoms with van der Waals surface area (Å²) in [5, 5.41) is 8.98. The molecule has 0 saturated heterocycles. The Bertz CT molecular complexity index is 514. The topological polar surface area (TPSA) is 37.3 Å². The monoisotopic (exact) mass is 346 g/mol. The molecule has 0 spiro atoms. The average Bonchev–Trinajstić information content (AvgIpc) is 2.91. The lowest BCUT2D eigenvalue weighted by Gasteiger charge is -2.60. The molecule has 142 valence electrons. The normalized spacial score (nSPS) is 49.1. The van der Waals surface area contributed by atoms with Gasteiger partial charge in [-0.2, -0.15) is 0 Å². The van der Waals surface area contributed by atoms with Crippen molar-refractivity contribution in [2.45, 2.75) is 97.3 Å². The van der Waals surface area contributed by atoms with E-state index >= 15 is 0 Å². The molecule has 0 amide bonds. The molecule has 0 bridgehead atoms. The summed E-state index contributed by atoms with van der Waals surface area (Å²) in [6.45, 7) is 5.25. The Hall–Kier alpha value is -0.530. The van der Waals surface area contributed by atoms with Gasteiger partial charge in [0.15, 0.2) is 0 Å². The number of rotatable bonds is 4. The maximum absolute atomic E-state index is 10.9. The molecular weight excluding hydrogens is 308 g/mol. The zero-order valence-corrected chi connectivity index (χ0v) is 16.4. The Labute approximate surface area is 154 Å². The number of carbonyl (C=O) groups is 1. The third-order valence-corrected chi connectivity index (χ3v) is 9.72. The van der Waals surface area contributed by atoms with Crippen LogP contribution < -0.4 is 0 Å². The van der Waals surface area contributed by atoms with Crippen molar-refractivity contribution >= 4 is 5.97 Å². The van der Waals surface area contributed by atoms with Crippen LogP contribution in [0, 0.1) is 40.4 Å². The van der Waals surface area contributed by atoms with Gasteiger partial charge in [-0.25, -0.2) is 0 Å². The molecule has 0 aromatic heterocycles. The molecule has 4 aliphatic rings. The minimum Gasteiger partial charge on any atom is -0.481 e. The van der Waals surface area contributed by atoms with Crippen molar-refractivity contribution in [1.82, 2.24) is 0 Å². The quantitative estimate of drug-likeness (QED) is 0.649. The highest BCUT2D eigenvalue weighted by Gasteiger charge is 2.59. The van der Waals surface area contributed by atoms with E-state index in [1.54, 1.807) is 0 Å². The van der Waals surface area contributed by atoms with E-state index in [9.17, 15) is 4.79 Å². The van der Waals surface area contributed by atoms with Gasteiger partial charge in [0.05, 0.1) is 0 Å². The molecule has 1 N–H and O–H groups in total. The van der Waals surface area contributed by atoms with Crippen molar-refractivity contribution in [2.75, 3.05) is 0 Å². The van der Waals surface area contributed by atoms with E-state index < -0.39 is 5.97 Å². The molecule has 4 unspecified atom stereocenters. The van der Waals surface area contributed by atoms with Gasteiger partial charge in [0.25, 0.3) is 0 Å². The van der Waals surface area contributed by atoms with Crippen LogP contribution in [-0.2, 0) is 4.79 Å². The predicted octanol–water partition coefficient (Wildman–Crippen LogP) is 6.29. The van der Waals surface area contributed by atoms with Gasteiger partial charge in [0.1, 0.15) is 0 Å². The van der Waals surface area contributed by atoms with Crippen LogP contribution in [0.25, 0.3) is 0 Å². The van der Waals surface area contributed by atoms with E-state index in [1.165, 1.54) is 64.2 Å². The molecule has 4 saturated carbocycles. The van der Waals surface area contributed by atoms with Crippen molar-refractivity contribution in [3.63, 3.8) is 0 Å². The lowest BCUT2D eigenvalue weighted by Crippen LogP contribution is -2.52. The second-order valence-electron chi connectivity index (χ2n) is 10.5. The number of hydrogen-bond donors (Lipinski definition) is 1. The van der Waals surface area contributed by atoms with Crippen LogP contribution in [-0.4, -0.2) is 11.1 Å². The SMILES string of the molecule is C[C@]12CCC3C(CC[C@@H]4CCCC[C@]34C)C1CCC2CCCC(=O)O. The van der Waals surface area contributed by atoms with Crippen molar-refractivity contribution in [3.8, 4) is 0 Å². The van der Waals surface area contributed by atoms with Crippen molar-refractivity contribution in [3.05, 3.63) is 0 Å². The van der Waals surface area contributed by atoms with E-state index in [0.717, 1.165) is 42.4 Å². The van der Waals surface area contributed by atoms with Crippen LogP contribution in [0.3, 0.4) is 0 Å². The molecule has 0 aromatic carbocycles. The first kappa shape index (κ1) is 17.9. The van der Waals surface area contributed by atoms with Gasteiger partial charge < -0.3 is 5.11 Å². The van der Waals surface area contributed by atoms with Gasteiger partial charge in [-0.3, -0.25) is 4.79 Å². The van der Waals surface area contributed by atoms with Crippen LogP contribution in [0.4, 0.5) is 0 Å². The summed E-state index contributed by atoms with van der Waals surface area (Å²) in [7, 11) is 0. The number of carboxylic acid groups (broad SMARTS) is 1. The van der Waals surface area contributed by atoms with E-state index in [0.29, 0.717) is 17.3 Å². The highest BCUT2D eigenvalue weighted by atomic mass is 16.4. The molecule has 25 heavy (non-hydrogen) atoms. The molecule has 2 heteroatoms. The Morgan fingerprint density at radius 3 is 2.52 bits per heavy atom. The summed E-state index contributed by atoms with van der Waals surface area (Å²) in [5.74, 6) is 4.08. The summed E-state index contributed by atoms with van der Waals surface area (Å²) < 4.78 is 0. The lowest BCUT2D eigenvalue weighted by molar-refractivity contribution is -0.137. The predicted molar refractivity (Wildman–Crippen MR) is 101 cm³/mol. The Morgan fingerprint density at radius 1 is 0.920 bits per heavy atom. The molecule has 4 aliphatic carbocycles. The summed E-state index contributed by atoms with van der Waals surface area (Å²) in [5.41, 5.74) is 1.15. The van der Waals surface area contributed by atoms with Gasteiger partial charge in [0.2, 0.25) is 0 Å². The zero-order chi connectivity index (χ0) is 17.7. The van der Waals surface area contributed by atoms with Crippen LogP contribution in [0.15, 0.2) is 0 Å². The Kier molecular flexibility index (Phi) is 4.69. The second kappa shape index (κ2) is 6.57. The van der Waals surface area contributed by atoms with E-state index in [-0.39, 0.29) is 0 Å². The Morgan fingerprint density at radius 2 is 1.72 bits per heavy atom. The van der Waals surface area contributed by atoms with E-state index in [4.69, 9.17) is 5.11 Å². The van der Waals surface area contributed by atoms with E-state index in [1.807, 2.05) is 0 Å². The molecule has 0 radical (unpaired) electrons. The fourth-order valence-electron chi connectivity index (χ4n) is 8.38. The average molecular weight is 347 g/mol. The van der Waals surface area contributed by atoms with Crippen LogP contribution >= 0.6 is 0 Å². The fourth-order valence-corrected chi connectivity index (χ4v) is 8.38. The largest absolute Gasteiger partial charge is 0.481 e. The van der Waals surface area contributed by atoms with Crippen LogP contribution in [0.1, 0.15) is 97.3 Å². The minimum absolute atomic E-state index is 0.364. The number of fused-ring (bicyclic) bond motifs is 5. The van der Waals surface area contributed by atoms with Crippen LogP contribution in [0.2, 0.25) is 0 Å². The molecule has 4 rings (SSSR count). The summed E-state index contributed by atoms with van der Waals surface area (Å²) in [6.07, 6.45) is 17.0. The maximum Gasteiger partial charge on any atom is 0.303 e. The molecule has 7 atom stereocenters. The number of hydrogen-bond acceptors (Lipinski definition) is 1. The molecule has 0 aromatic rings. The minimum atomic E-state index is -0.619. The smallest absolute Gasteiger partial charge is 0.303 e. The van der Waals surface area contributed by atoms with Crippen LogP contribution in [0.5, 0.6) is 0 Å². The summed E-state index contributed by atoms with van der Waals surface area (Å²) in [6, 6.07) is 0. The van der Waals surface area contributed by atoms with Crippen molar-refractivity contribution < 1.29 is 9.90 Å². The third kappa shape index (κ3) is 2.86. The van der Waals surface area contributed by atoms with E-state index in [2.05, 4.69) is 13.8 Å².